The minimum absolute atomic E-state index is 0.197. The maximum Gasteiger partial charge on any atom is 0.290 e. The lowest BCUT2D eigenvalue weighted by Crippen LogP contribution is -2.05. The van der Waals surface area contributed by atoms with E-state index in [4.69, 9.17) is 0 Å². The second-order valence-electron chi connectivity index (χ2n) is 4.64. The van der Waals surface area contributed by atoms with E-state index in [2.05, 4.69) is 12.5 Å². The van der Waals surface area contributed by atoms with E-state index in [9.17, 15) is 25.3 Å². The summed E-state index contributed by atoms with van der Waals surface area (Å²) in [7, 11) is -9.79. The van der Waals surface area contributed by atoms with Crippen LogP contribution in [0.4, 0.5) is 0 Å². The van der Waals surface area contributed by atoms with Crippen molar-refractivity contribution in [1.29, 1.82) is 0 Å². The van der Waals surface area contributed by atoms with Gasteiger partial charge in [-0.2, -0.15) is 25.3 Å². The van der Waals surface area contributed by atoms with Crippen LogP contribution in [0.15, 0.2) is 34.5 Å². The van der Waals surface area contributed by atoms with Crippen molar-refractivity contribution < 1.29 is 37.8 Å². The lowest BCUT2D eigenvalue weighted by atomic mass is 10.3. The summed E-state index contributed by atoms with van der Waals surface area (Å²) >= 11 is 0. The van der Waals surface area contributed by atoms with Crippen molar-refractivity contribution >= 4 is 30.4 Å². The topological polar surface area (TPSA) is 130 Å². The summed E-state index contributed by atoms with van der Waals surface area (Å²) < 4.78 is 75.1. The molecule has 0 bridgehead atoms. The van der Waals surface area contributed by atoms with Crippen molar-refractivity contribution in [3.8, 4) is 0 Å². The van der Waals surface area contributed by atoms with E-state index < -0.39 is 30.4 Å². The maximum atomic E-state index is 10.5. The molecule has 0 aliphatic carbocycles. The molecule has 0 fully saturated rings. The first-order chi connectivity index (χ1) is 10.9. The molecular weight excluding hydrogens is 384 g/mol. The van der Waals surface area contributed by atoms with Gasteiger partial charge in [0.15, 0.2) is 0 Å². The van der Waals surface area contributed by atoms with Crippen molar-refractivity contribution in [2.24, 2.45) is 0 Å². The summed E-state index contributed by atoms with van der Waals surface area (Å²) in [5.41, 5.74) is 0. The monoisotopic (exact) mass is 402 g/mol. The Kier molecular flexibility index (Phi) is 7.31. The molecule has 0 spiro atoms. The third kappa shape index (κ3) is 8.17. The van der Waals surface area contributed by atoms with Gasteiger partial charge in [-0.3, -0.25) is 12.5 Å². The zero-order valence-electron chi connectivity index (χ0n) is 12.9. The molecule has 0 saturated heterocycles. The zero-order chi connectivity index (χ0) is 18.4. The van der Waals surface area contributed by atoms with Gasteiger partial charge in [0.25, 0.3) is 30.4 Å². The highest BCUT2D eigenvalue weighted by Gasteiger charge is 2.19. The second-order valence-corrected chi connectivity index (χ2v) is 9.03. The Morgan fingerprint density at radius 1 is 0.875 bits per heavy atom. The van der Waals surface area contributed by atoms with E-state index in [0.717, 1.165) is 16.2 Å². The van der Waals surface area contributed by atoms with E-state index in [1.807, 2.05) is 6.92 Å². The summed E-state index contributed by atoms with van der Waals surface area (Å²) in [6, 6.07) is 0. The average Bonchev–Trinajstić information content (AvgIpc) is 3.10. The van der Waals surface area contributed by atoms with Crippen LogP contribution in [-0.2, 0) is 42.9 Å². The summed E-state index contributed by atoms with van der Waals surface area (Å²) in [5.74, 6) is 0. The molecular formula is C12H18O9S3. The van der Waals surface area contributed by atoms with Gasteiger partial charge in [0.2, 0.25) is 0 Å². The molecule has 12 heteroatoms. The standard InChI is InChI=1S/C5H8O3S.C4H6O3S.C3H4O3S/c1-2-5-3-4-9(6,7)8-5;1-4-2-3-8(5,6)7-4;4-7(5)3-1-2-6-7/h3-5H,2H2,1H3;2-4H,1H3;1,3H,2H2. The molecule has 3 heterocycles. The third-order valence-corrected chi connectivity index (χ3v) is 5.57. The van der Waals surface area contributed by atoms with Gasteiger partial charge >= 0.3 is 0 Å². The lowest BCUT2D eigenvalue weighted by Gasteiger charge is -1.99. The van der Waals surface area contributed by atoms with Crippen molar-refractivity contribution in [2.75, 3.05) is 6.61 Å². The van der Waals surface area contributed by atoms with Crippen LogP contribution in [0.25, 0.3) is 0 Å². The van der Waals surface area contributed by atoms with E-state index in [1.54, 1.807) is 13.0 Å². The molecule has 3 aliphatic heterocycles. The smallest absolute Gasteiger partial charge is 0.263 e. The highest BCUT2D eigenvalue weighted by atomic mass is 32.2. The minimum Gasteiger partial charge on any atom is -0.263 e. The quantitative estimate of drug-likeness (QED) is 0.583. The molecule has 2 unspecified atom stereocenters. The fourth-order valence-electron chi connectivity index (χ4n) is 1.44. The van der Waals surface area contributed by atoms with Crippen LogP contribution >= 0.6 is 0 Å². The molecule has 0 aromatic carbocycles. The Morgan fingerprint density at radius 2 is 1.46 bits per heavy atom. The van der Waals surface area contributed by atoms with Crippen LogP contribution in [0.1, 0.15) is 20.3 Å². The summed E-state index contributed by atoms with van der Waals surface area (Å²) in [4.78, 5) is 0. The van der Waals surface area contributed by atoms with Gasteiger partial charge in [-0.1, -0.05) is 6.92 Å². The van der Waals surface area contributed by atoms with E-state index >= 15 is 0 Å². The van der Waals surface area contributed by atoms with E-state index in [1.165, 1.54) is 12.2 Å². The van der Waals surface area contributed by atoms with Crippen molar-refractivity contribution in [3.05, 3.63) is 34.5 Å². The normalized spacial score (nSPS) is 30.2. The average molecular weight is 402 g/mol. The molecule has 0 saturated carbocycles. The van der Waals surface area contributed by atoms with E-state index in [0.29, 0.717) is 6.42 Å². The number of rotatable bonds is 1. The molecule has 24 heavy (non-hydrogen) atoms. The van der Waals surface area contributed by atoms with Gasteiger partial charge in [0.1, 0.15) is 0 Å². The molecule has 0 N–H and O–H groups in total. The van der Waals surface area contributed by atoms with Crippen molar-refractivity contribution in [1.82, 2.24) is 0 Å². The Bertz CT molecular complexity index is 817. The minimum atomic E-state index is -3.29. The summed E-state index contributed by atoms with van der Waals surface area (Å²) in [5, 5.41) is 3.21. The first-order valence-electron chi connectivity index (χ1n) is 6.73. The van der Waals surface area contributed by atoms with Crippen molar-refractivity contribution in [2.45, 2.75) is 32.5 Å². The fraction of sp³-hybridized carbons (Fsp3) is 0.500. The molecule has 9 nitrogen and oxygen atoms in total. The Labute approximate surface area is 142 Å². The highest BCUT2D eigenvalue weighted by molar-refractivity contribution is 7.90. The third-order valence-electron chi connectivity index (χ3n) is 2.51. The molecule has 0 aromatic rings. The summed E-state index contributed by atoms with van der Waals surface area (Å²) in [6.07, 6.45) is 4.70. The maximum absolute atomic E-state index is 10.5. The predicted octanol–water partition coefficient (Wildman–Crippen LogP) is 0.747. The van der Waals surface area contributed by atoms with Crippen LogP contribution in [-0.4, -0.2) is 44.1 Å². The first-order valence-corrected chi connectivity index (χ1v) is 11.1. The van der Waals surface area contributed by atoms with Gasteiger partial charge in [-0.05, 0) is 31.6 Å². The highest BCUT2D eigenvalue weighted by Crippen LogP contribution is 2.14. The zero-order valence-corrected chi connectivity index (χ0v) is 15.4. The van der Waals surface area contributed by atoms with Crippen molar-refractivity contribution in [3.63, 3.8) is 0 Å². The molecule has 0 radical (unpaired) electrons. The van der Waals surface area contributed by atoms with Crippen LogP contribution in [0.3, 0.4) is 0 Å². The van der Waals surface area contributed by atoms with Gasteiger partial charge in [0, 0.05) is 0 Å². The molecule has 0 aromatic heterocycles. The number of hydrogen-bond acceptors (Lipinski definition) is 9. The molecule has 3 aliphatic rings. The Balaban J connectivity index is 0.000000181. The van der Waals surface area contributed by atoms with Gasteiger partial charge < -0.3 is 0 Å². The lowest BCUT2D eigenvalue weighted by molar-refractivity contribution is 0.266. The molecule has 3 rings (SSSR count). The molecule has 2 atom stereocenters. The first kappa shape index (κ1) is 21.0. The predicted molar refractivity (Wildman–Crippen MR) is 85.8 cm³/mol. The second kappa shape index (κ2) is 8.36. The summed E-state index contributed by atoms with van der Waals surface area (Å²) in [6.45, 7) is 3.74. The van der Waals surface area contributed by atoms with Crippen LogP contribution in [0, 0.1) is 0 Å². The molecule has 138 valence electrons. The van der Waals surface area contributed by atoms with Gasteiger partial charge in [0.05, 0.1) is 35.0 Å². The fourth-order valence-corrected chi connectivity index (χ4v) is 4.04. The number of hydrogen-bond donors (Lipinski definition) is 0. The van der Waals surface area contributed by atoms with Gasteiger partial charge in [-0.15, -0.1) is 0 Å². The largest absolute Gasteiger partial charge is 0.290 e. The van der Waals surface area contributed by atoms with Crippen LogP contribution in [0.2, 0.25) is 0 Å². The Morgan fingerprint density at radius 3 is 1.62 bits per heavy atom. The van der Waals surface area contributed by atoms with E-state index in [-0.39, 0.29) is 18.8 Å². The Hall–Kier alpha value is -1.05. The van der Waals surface area contributed by atoms with Crippen LogP contribution < -0.4 is 0 Å². The van der Waals surface area contributed by atoms with Crippen LogP contribution in [0.5, 0.6) is 0 Å². The SMILES string of the molecule is CC1C=CS(=O)(=O)O1.CCC1C=CS(=O)(=O)O1.O=S1(=O)C=CCO1. The van der Waals surface area contributed by atoms with Gasteiger partial charge in [-0.25, -0.2) is 0 Å². The molecule has 0 amide bonds.